The number of nitrogens with zero attached hydrogens (tertiary/aromatic N) is 1. The lowest BCUT2D eigenvalue weighted by atomic mass is 10.1. The van der Waals surface area contributed by atoms with Crippen molar-refractivity contribution in [1.29, 1.82) is 0 Å². The van der Waals surface area contributed by atoms with Crippen molar-refractivity contribution in [1.82, 2.24) is 10.3 Å². The molecule has 1 aromatic heterocycles. The lowest BCUT2D eigenvalue weighted by Crippen LogP contribution is -2.36. The number of aromatic nitrogens is 1. The SMILES string of the molecule is CC(C)=CCC/C(C)=C/COC(=O)c1cnc(C(=O)NC(=O)CN)c(OCc2ccc(Cl)cc2)c1. The van der Waals surface area contributed by atoms with Crippen LogP contribution in [0.15, 0.2) is 59.8 Å². The highest BCUT2D eigenvalue weighted by molar-refractivity contribution is 6.30. The minimum absolute atomic E-state index is 0.0187. The van der Waals surface area contributed by atoms with Gasteiger partial charge in [0.25, 0.3) is 5.91 Å². The molecule has 2 rings (SSSR count). The average Bonchev–Trinajstić information content (AvgIpc) is 2.83. The van der Waals surface area contributed by atoms with Gasteiger partial charge in [0.15, 0.2) is 11.4 Å². The Kier molecular flexibility index (Phi) is 11.1. The molecule has 0 atom stereocenters. The third kappa shape index (κ3) is 9.72. The van der Waals surface area contributed by atoms with Crippen LogP contribution in [0.5, 0.6) is 5.75 Å². The van der Waals surface area contributed by atoms with Gasteiger partial charge in [-0.2, -0.15) is 0 Å². The second-order valence-corrected chi connectivity index (χ2v) is 8.47. The maximum Gasteiger partial charge on any atom is 0.340 e. The molecule has 0 spiro atoms. The van der Waals surface area contributed by atoms with E-state index >= 15 is 0 Å². The van der Waals surface area contributed by atoms with Crippen LogP contribution < -0.4 is 15.8 Å². The molecule has 186 valence electrons. The van der Waals surface area contributed by atoms with Gasteiger partial charge in [-0.15, -0.1) is 0 Å². The van der Waals surface area contributed by atoms with Crippen LogP contribution in [0, 0.1) is 0 Å². The van der Waals surface area contributed by atoms with E-state index in [0.29, 0.717) is 5.02 Å². The summed E-state index contributed by atoms with van der Waals surface area (Å²) in [4.78, 5) is 40.6. The summed E-state index contributed by atoms with van der Waals surface area (Å²) in [6, 6.07) is 8.29. The first-order valence-corrected chi connectivity index (χ1v) is 11.4. The summed E-state index contributed by atoms with van der Waals surface area (Å²) in [6.07, 6.45) is 7.00. The molecule has 2 amide bonds. The van der Waals surface area contributed by atoms with Crippen LogP contribution in [0.4, 0.5) is 0 Å². The number of allylic oxidation sites excluding steroid dienone is 3. The van der Waals surface area contributed by atoms with E-state index in [1.54, 1.807) is 24.3 Å². The summed E-state index contributed by atoms with van der Waals surface area (Å²) in [5, 5.41) is 2.69. The third-order valence-corrected chi connectivity index (χ3v) is 5.04. The first-order chi connectivity index (χ1) is 16.7. The second kappa shape index (κ2) is 14.0. The fourth-order valence-corrected chi connectivity index (χ4v) is 2.97. The van der Waals surface area contributed by atoms with Crippen LogP contribution in [0.2, 0.25) is 5.02 Å². The summed E-state index contributed by atoms with van der Waals surface area (Å²) >= 11 is 5.91. The number of esters is 1. The maximum absolute atomic E-state index is 12.6. The van der Waals surface area contributed by atoms with E-state index in [0.717, 1.165) is 24.0 Å². The highest BCUT2D eigenvalue weighted by atomic mass is 35.5. The van der Waals surface area contributed by atoms with Crippen molar-refractivity contribution in [2.45, 2.75) is 40.2 Å². The smallest absolute Gasteiger partial charge is 0.340 e. The molecule has 0 fully saturated rings. The molecule has 9 heteroatoms. The van der Waals surface area contributed by atoms with Gasteiger partial charge in [-0.1, -0.05) is 41.0 Å². The molecule has 1 heterocycles. The Morgan fingerprint density at radius 1 is 1.11 bits per heavy atom. The van der Waals surface area contributed by atoms with Gasteiger partial charge < -0.3 is 15.2 Å². The minimum atomic E-state index is -0.790. The molecule has 0 radical (unpaired) electrons. The maximum atomic E-state index is 12.6. The molecule has 0 saturated carbocycles. The number of carbonyl (C=O) groups excluding carboxylic acids is 3. The van der Waals surface area contributed by atoms with Crippen molar-refractivity contribution >= 4 is 29.4 Å². The zero-order chi connectivity index (χ0) is 25.8. The molecule has 8 nitrogen and oxygen atoms in total. The minimum Gasteiger partial charge on any atom is -0.486 e. The summed E-state index contributed by atoms with van der Waals surface area (Å²) in [5.74, 6) is -2.06. The summed E-state index contributed by atoms with van der Waals surface area (Å²) < 4.78 is 11.1. The highest BCUT2D eigenvalue weighted by Crippen LogP contribution is 2.21. The number of rotatable bonds is 11. The number of imide groups is 1. The normalized spacial score (nSPS) is 10.9. The van der Waals surface area contributed by atoms with Gasteiger partial charge in [0, 0.05) is 11.2 Å². The predicted molar refractivity (Wildman–Crippen MR) is 134 cm³/mol. The lowest BCUT2D eigenvalue weighted by Gasteiger charge is -2.12. The summed E-state index contributed by atoms with van der Waals surface area (Å²) in [7, 11) is 0. The van der Waals surface area contributed by atoms with Gasteiger partial charge in [-0.25, -0.2) is 9.78 Å². The second-order valence-electron chi connectivity index (χ2n) is 8.04. The molecular formula is C26H30ClN3O5. The van der Waals surface area contributed by atoms with Crippen molar-refractivity contribution < 1.29 is 23.9 Å². The van der Waals surface area contributed by atoms with Crippen LogP contribution in [-0.4, -0.2) is 35.9 Å². The van der Waals surface area contributed by atoms with Crippen LogP contribution in [0.1, 0.15) is 60.0 Å². The van der Waals surface area contributed by atoms with Gasteiger partial charge in [0.2, 0.25) is 5.91 Å². The fraction of sp³-hybridized carbons (Fsp3) is 0.308. The molecule has 2 aromatic rings. The number of nitrogens with two attached hydrogens (primary N) is 1. The standard InChI is InChI=1S/C26H30ClN3O5/c1-17(2)5-4-6-18(3)11-12-34-26(33)20-13-22(35-16-19-7-9-21(27)10-8-19)24(29-15-20)25(32)30-23(31)14-28/h5,7-11,13,15H,4,6,12,14,16,28H2,1-3H3,(H,30,31,32)/b18-11+. The van der Waals surface area contributed by atoms with Gasteiger partial charge in [0.05, 0.1) is 12.1 Å². The van der Waals surface area contributed by atoms with Gasteiger partial charge in [-0.3, -0.25) is 14.9 Å². The van der Waals surface area contributed by atoms with Crippen LogP contribution in [-0.2, 0) is 16.1 Å². The monoisotopic (exact) mass is 499 g/mol. The van der Waals surface area contributed by atoms with Gasteiger partial charge in [-0.05, 0) is 63.5 Å². The number of hydrogen-bond donors (Lipinski definition) is 2. The largest absolute Gasteiger partial charge is 0.486 e. The number of hydrogen-bond acceptors (Lipinski definition) is 7. The first kappa shape index (κ1) is 27.8. The number of carbonyl (C=O) groups is 3. The van der Waals surface area contributed by atoms with E-state index < -0.39 is 17.8 Å². The van der Waals surface area contributed by atoms with Crippen LogP contribution in [0.3, 0.4) is 0 Å². The Labute approximate surface area is 210 Å². The van der Waals surface area contributed by atoms with E-state index in [2.05, 4.69) is 16.4 Å². The first-order valence-electron chi connectivity index (χ1n) is 11.1. The Balaban J connectivity index is 2.14. The Hall–Kier alpha value is -3.49. The van der Waals surface area contributed by atoms with Gasteiger partial charge in [0.1, 0.15) is 13.2 Å². The predicted octanol–water partition coefficient (Wildman–Crippen LogP) is 4.38. The third-order valence-electron chi connectivity index (χ3n) is 4.79. The molecule has 0 aliphatic heterocycles. The number of halogens is 1. The zero-order valence-corrected chi connectivity index (χ0v) is 20.9. The summed E-state index contributed by atoms with van der Waals surface area (Å²) in [6.45, 7) is 5.90. The Morgan fingerprint density at radius 3 is 2.49 bits per heavy atom. The van der Waals surface area contributed by atoms with E-state index in [1.807, 2.05) is 26.8 Å². The molecule has 0 aliphatic rings. The van der Waals surface area contributed by atoms with Crippen molar-refractivity contribution in [2.24, 2.45) is 5.73 Å². The van der Waals surface area contributed by atoms with Crippen molar-refractivity contribution in [3.8, 4) is 5.75 Å². The Bertz CT molecular complexity index is 1110. The molecule has 0 bridgehead atoms. The van der Waals surface area contributed by atoms with E-state index in [4.69, 9.17) is 26.8 Å². The number of benzene rings is 1. The number of nitrogens with one attached hydrogen (secondary N) is 1. The lowest BCUT2D eigenvalue weighted by molar-refractivity contribution is -0.118. The zero-order valence-electron chi connectivity index (χ0n) is 20.1. The molecule has 35 heavy (non-hydrogen) atoms. The van der Waals surface area contributed by atoms with E-state index in [9.17, 15) is 14.4 Å². The van der Waals surface area contributed by atoms with Crippen molar-refractivity contribution in [3.05, 3.63) is 81.7 Å². The average molecular weight is 500 g/mol. The fourth-order valence-electron chi connectivity index (χ4n) is 2.85. The number of amides is 2. The van der Waals surface area contributed by atoms with Crippen molar-refractivity contribution in [2.75, 3.05) is 13.2 Å². The topological polar surface area (TPSA) is 121 Å². The van der Waals surface area contributed by atoms with Crippen molar-refractivity contribution in [3.63, 3.8) is 0 Å². The van der Waals surface area contributed by atoms with E-state index in [1.165, 1.54) is 17.8 Å². The molecule has 1 aromatic carbocycles. The molecule has 0 unspecified atom stereocenters. The molecule has 0 aliphatic carbocycles. The molecule has 0 saturated heterocycles. The van der Waals surface area contributed by atoms with Gasteiger partial charge >= 0.3 is 5.97 Å². The molecular weight excluding hydrogens is 470 g/mol. The van der Waals surface area contributed by atoms with Crippen LogP contribution >= 0.6 is 11.6 Å². The summed E-state index contributed by atoms with van der Waals surface area (Å²) in [5.41, 5.74) is 8.35. The number of pyridine rings is 1. The highest BCUT2D eigenvalue weighted by Gasteiger charge is 2.20. The van der Waals surface area contributed by atoms with Crippen LogP contribution in [0.25, 0.3) is 0 Å². The molecule has 3 N–H and O–H groups in total. The van der Waals surface area contributed by atoms with E-state index in [-0.39, 0.29) is 36.8 Å². The quantitative estimate of drug-likeness (QED) is 0.347. The Morgan fingerprint density at radius 2 is 1.83 bits per heavy atom. The number of ether oxygens (including phenoxy) is 2.